The molecular formula is C11H13NO3S2. The molecule has 0 bridgehead atoms. The van der Waals surface area contributed by atoms with Crippen LogP contribution < -0.4 is 4.72 Å². The molecule has 2 N–H and O–H groups in total. The van der Waals surface area contributed by atoms with Crippen molar-refractivity contribution in [2.24, 2.45) is 0 Å². The van der Waals surface area contributed by atoms with Crippen molar-refractivity contribution in [2.75, 3.05) is 17.1 Å². The SMILES string of the molecule is O=S(=O)(CCCO)Nc1ccc2sccc2c1. The van der Waals surface area contributed by atoms with Crippen LogP contribution in [0.4, 0.5) is 5.69 Å². The highest BCUT2D eigenvalue weighted by Crippen LogP contribution is 2.24. The van der Waals surface area contributed by atoms with Gasteiger partial charge in [0, 0.05) is 17.0 Å². The van der Waals surface area contributed by atoms with Gasteiger partial charge >= 0.3 is 0 Å². The predicted molar refractivity (Wildman–Crippen MR) is 70.9 cm³/mol. The Morgan fingerprint density at radius 1 is 1.29 bits per heavy atom. The number of hydrogen-bond donors (Lipinski definition) is 2. The van der Waals surface area contributed by atoms with Crippen molar-refractivity contribution in [3.63, 3.8) is 0 Å². The van der Waals surface area contributed by atoms with Crippen molar-refractivity contribution in [1.29, 1.82) is 0 Å². The van der Waals surface area contributed by atoms with Crippen LogP contribution in [-0.2, 0) is 10.0 Å². The van der Waals surface area contributed by atoms with Gasteiger partial charge in [-0.25, -0.2) is 8.42 Å². The molecule has 0 atom stereocenters. The molecule has 0 fully saturated rings. The Bertz CT molecular complexity index is 604. The average molecular weight is 271 g/mol. The first kappa shape index (κ1) is 12.3. The van der Waals surface area contributed by atoms with Gasteiger partial charge < -0.3 is 5.11 Å². The second kappa shape index (κ2) is 5.03. The standard InChI is InChI=1S/C11H13NO3S2/c13-5-1-7-17(14,15)12-10-2-3-11-9(8-10)4-6-16-11/h2-4,6,8,12-13H,1,5,7H2. The number of rotatable bonds is 5. The van der Waals surface area contributed by atoms with Gasteiger partial charge in [-0.2, -0.15) is 0 Å². The van der Waals surface area contributed by atoms with Crippen LogP contribution >= 0.6 is 11.3 Å². The summed E-state index contributed by atoms with van der Waals surface area (Å²) in [4.78, 5) is 0. The van der Waals surface area contributed by atoms with Crippen LogP contribution in [0.2, 0.25) is 0 Å². The minimum absolute atomic E-state index is 0.0643. The number of aliphatic hydroxyl groups is 1. The van der Waals surface area contributed by atoms with Gasteiger partial charge in [-0.1, -0.05) is 0 Å². The highest BCUT2D eigenvalue weighted by molar-refractivity contribution is 7.92. The first-order valence-electron chi connectivity index (χ1n) is 5.19. The van der Waals surface area contributed by atoms with E-state index in [2.05, 4.69) is 4.72 Å². The van der Waals surface area contributed by atoms with Crippen molar-refractivity contribution in [2.45, 2.75) is 6.42 Å². The molecule has 0 aliphatic rings. The molecule has 0 unspecified atom stereocenters. The zero-order chi connectivity index (χ0) is 12.3. The molecule has 92 valence electrons. The van der Waals surface area contributed by atoms with E-state index in [1.165, 1.54) is 0 Å². The van der Waals surface area contributed by atoms with Crippen molar-refractivity contribution >= 4 is 37.1 Å². The third-order valence-electron chi connectivity index (χ3n) is 2.30. The fourth-order valence-corrected chi connectivity index (χ4v) is 3.38. The number of hydrogen-bond acceptors (Lipinski definition) is 4. The Hall–Kier alpha value is -1.11. The lowest BCUT2D eigenvalue weighted by atomic mass is 10.2. The maximum Gasteiger partial charge on any atom is 0.232 e. The van der Waals surface area contributed by atoms with E-state index in [-0.39, 0.29) is 18.8 Å². The number of anilines is 1. The molecule has 0 spiro atoms. The lowest BCUT2D eigenvalue weighted by Crippen LogP contribution is -2.17. The van der Waals surface area contributed by atoms with Crippen LogP contribution in [-0.4, -0.2) is 25.9 Å². The van der Waals surface area contributed by atoms with Crippen molar-refractivity contribution in [3.8, 4) is 0 Å². The van der Waals surface area contributed by atoms with Crippen LogP contribution in [0.3, 0.4) is 0 Å². The molecule has 1 heterocycles. The van der Waals surface area contributed by atoms with E-state index in [0.717, 1.165) is 10.1 Å². The van der Waals surface area contributed by atoms with Crippen LogP contribution in [0.5, 0.6) is 0 Å². The van der Waals surface area contributed by atoms with Gasteiger partial charge in [0.15, 0.2) is 0 Å². The lowest BCUT2D eigenvalue weighted by Gasteiger charge is -2.07. The first-order chi connectivity index (χ1) is 8.11. The maximum atomic E-state index is 11.6. The van der Waals surface area contributed by atoms with Crippen LogP contribution in [0.25, 0.3) is 10.1 Å². The summed E-state index contributed by atoms with van der Waals surface area (Å²) < 4.78 is 26.9. The van der Waals surface area contributed by atoms with Gasteiger partial charge in [0.25, 0.3) is 0 Å². The molecule has 1 aromatic carbocycles. The van der Waals surface area contributed by atoms with Crippen LogP contribution in [0, 0.1) is 0 Å². The minimum atomic E-state index is -3.36. The summed E-state index contributed by atoms with van der Waals surface area (Å²) in [7, 11) is -3.36. The van der Waals surface area contributed by atoms with E-state index in [1.807, 2.05) is 23.6 Å². The van der Waals surface area contributed by atoms with Crippen molar-refractivity contribution < 1.29 is 13.5 Å². The van der Waals surface area contributed by atoms with Gasteiger partial charge in [0.1, 0.15) is 0 Å². The summed E-state index contributed by atoms with van der Waals surface area (Å²) in [6.45, 7) is -0.121. The number of benzene rings is 1. The zero-order valence-corrected chi connectivity index (χ0v) is 10.7. The fourth-order valence-electron chi connectivity index (χ4n) is 1.52. The first-order valence-corrected chi connectivity index (χ1v) is 7.72. The second-order valence-corrected chi connectivity index (χ2v) is 6.46. The third kappa shape index (κ3) is 3.18. The normalized spacial score (nSPS) is 11.8. The molecule has 0 radical (unpaired) electrons. The van der Waals surface area contributed by atoms with Crippen LogP contribution in [0.1, 0.15) is 6.42 Å². The summed E-state index contributed by atoms with van der Waals surface area (Å²) in [5, 5.41) is 11.6. The number of thiophene rings is 1. The van der Waals surface area contributed by atoms with Gasteiger partial charge in [-0.05, 0) is 41.5 Å². The molecule has 4 nitrogen and oxygen atoms in total. The smallest absolute Gasteiger partial charge is 0.232 e. The van der Waals surface area contributed by atoms with Gasteiger partial charge in [0.05, 0.1) is 5.75 Å². The summed E-state index contributed by atoms with van der Waals surface area (Å²) in [5.74, 6) is -0.0643. The Morgan fingerprint density at radius 2 is 2.12 bits per heavy atom. The summed E-state index contributed by atoms with van der Waals surface area (Å²) in [5.41, 5.74) is 0.564. The van der Waals surface area contributed by atoms with E-state index in [9.17, 15) is 8.42 Å². The van der Waals surface area contributed by atoms with E-state index in [1.54, 1.807) is 17.4 Å². The highest BCUT2D eigenvalue weighted by atomic mass is 32.2. The zero-order valence-electron chi connectivity index (χ0n) is 9.09. The molecule has 2 rings (SSSR count). The molecule has 0 saturated carbocycles. The number of sulfonamides is 1. The topological polar surface area (TPSA) is 66.4 Å². The van der Waals surface area contributed by atoms with Crippen LogP contribution in [0.15, 0.2) is 29.6 Å². The van der Waals surface area contributed by atoms with Gasteiger partial charge in [-0.3, -0.25) is 4.72 Å². The molecular weight excluding hydrogens is 258 g/mol. The predicted octanol–water partition coefficient (Wildman–Crippen LogP) is 2.03. The highest BCUT2D eigenvalue weighted by Gasteiger charge is 2.09. The van der Waals surface area contributed by atoms with E-state index in [0.29, 0.717) is 5.69 Å². The Labute approximate surface area is 104 Å². The molecule has 6 heteroatoms. The number of aliphatic hydroxyl groups excluding tert-OH is 1. The summed E-state index contributed by atoms with van der Waals surface area (Å²) in [6.07, 6.45) is 0.246. The van der Waals surface area contributed by atoms with Gasteiger partial charge in [-0.15, -0.1) is 11.3 Å². The summed E-state index contributed by atoms with van der Waals surface area (Å²) in [6, 6.07) is 7.40. The van der Waals surface area contributed by atoms with E-state index < -0.39 is 10.0 Å². The third-order valence-corrected chi connectivity index (χ3v) is 4.57. The molecule has 0 amide bonds. The molecule has 0 aliphatic heterocycles. The monoisotopic (exact) mass is 271 g/mol. The fraction of sp³-hybridized carbons (Fsp3) is 0.273. The Balaban J connectivity index is 2.17. The molecule has 1 aromatic heterocycles. The molecule has 17 heavy (non-hydrogen) atoms. The minimum Gasteiger partial charge on any atom is -0.396 e. The Morgan fingerprint density at radius 3 is 2.88 bits per heavy atom. The maximum absolute atomic E-state index is 11.6. The summed E-state index contributed by atoms with van der Waals surface area (Å²) >= 11 is 1.62. The molecule has 0 saturated heterocycles. The lowest BCUT2D eigenvalue weighted by molar-refractivity contribution is 0.295. The average Bonchev–Trinajstić information content (AvgIpc) is 2.73. The van der Waals surface area contributed by atoms with Gasteiger partial charge in [0.2, 0.25) is 10.0 Å². The molecule has 0 aliphatic carbocycles. The number of nitrogens with one attached hydrogen (secondary N) is 1. The van der Waals surface area contributed by atoms with Crippen molar-refractivity contribution in [1.82, 2.24) is 0 Å². The Kier molecular flexibility index (Phi) is 3.66. The van der Waals surface area contributed by atoms with E-state index >= 15 is 0 Å². The van der Waals surface area contributed by atoms with Crippen molar-refractivity contribution in [3.05, 3.63) is 29.6 Å². The number of fused-ring (bicyclic) bond motifs is 1. The van der Waals surface area contributed by atoms with E-state index in [4.69, 9.17) is 5.11 Å². The second-order valence-electron chi connectivity index (χ2n) is 3.67. The molecule has 2 aromatic rings. The quantitative estimate of drug-likeness (QED) is 0.874. The largest absolute Gasteiger partial charge is 0.396 e.